The van der Waals surface area contributed by atoms with Crippen molar-refractivity contribution in [2.75, 3.05) is 6.54 Å². The van der Waals surface area contributed by atoms with Crippen LogP contribution in [0.3, 0.4) is 0 Å². The highest BCUT2D eigenvalue weighted by atomic mass is 19.1. The third kappa shape index (κ3) is 3.42. The van der Waals surface area contributed by atoms with Gasteiger partial charge in [-0.05, 0) is 43.1 Å². The maximum absolute atomic E-state index is 13.8. The molecule has 0 heterocycles. The molecule has 0 spiro atoms. The lowest BCUT2D eigenvalue weighted by atomic mass is 10.00. The molecule has 0 aliphatic heterocycles. The smallest absolute Gasteiger partial charge is 0.131 e. The molecule has 1 N–H and O–H groups in total. The van der Waals surface area contributed by atoms with Gasteiger partial charge in [0, 0.05) is 11.6 Å². The molecule has 2 rings (SSSR count). The van der Waals surface area contributed by atoms with E-state index in [2.05, 4.69) is 31.3 Å². The van der Waals surface area contributed by atoms with Gasteiger partial charge in [0.2, 0.25) is 0 Å². The number of nitrogens with one attached hydrogen (secondary N) is 1. The standard InChI is InChI=1S/C17H20FN/c1-3-11-19-13(2)14-7-6-8-15(12-14)16-9-4-5-10-17(16)18/h4-10,12-13,19H,3,11H2,1-2H3. The van der Waals surface area contributed by atoms with Crippen LogP contribution in [-0.4, -0.2) is 6.54 Å². The second-order valence-electron chi connectivity index (χ2n) is 4.78. The second kappa shape index (κ2) is 6.48. The maximum Gasteiger partial charge on any atom is 0.131 e. The molecule has 2 aromatic rings. The largest absolute Gasteiger partial charge is 0.310 e. The average Bonchev–Trinajstić information content (AvgIpc) is 2.45. The fourth-order valence-corrected chi connectivity index (χ4v) is 2.15. The lowest BCUT2D eigenvalue weighted by Crippen LogP contribution is -2.19. The molecule has 0 saturated carbocycles. The van der Waals surface area contributed by atoms with Gasteiger partial charge < -0.3 is 5.32 Å². The third-order valence-electron chi connectivity index (χ3n) is 3.27. The van der Waals surface area contributed by atoms with Crippen LogP contribution in [0.4, 0.5) is 4.39 Å². The van der Waals surface area contributed by atoms with Crippen molar-refractivity contribution in [1.82, 2.24) is 5.32 Å². The average molecular weight is 257 g/mol. The van der Waals surface area contributed by atoms with E-state index in [9.17, 15) is 4.39 Å². The highest BCUT2D eigenvalue weighted by Crippen LogP contribution is 2.25. The van der Waals surface area contributed by atoms with E-state index in [1.165, 1.54) is 11.6 Å². The first kappa shape index (κ1) is 13.8. The number of halogens is 1. The molecule has 0 bridgehead atoms. The van der Waals surface area contributed by atoms with E-state index < -0.39 is 0 Å². The topological polar surface area (TPSA) is 12.0 Å². The molecule has 0 aliphatic rings. The summed E-state index contributed by atoms with van der Waals surface area (Å²) in [5, 5.41) is 3.45. The van der Waals surface area contributed by atoms with Crippen LogP contribution in [0.2, 0.25) is 0 Å². The van der Waals surface area contributed by atoms with Crippen molar-refractivity contribution in [3.05, 3.63) is 59.9 Å². The summed E-state index contributed by atoms with van der Waals surface area (Å²) in [6.45, 7) is 5.27. The molecule has 1 unspecified atom stereocenters. The summed E-state index contributed by atoms with van der Waals surface area (Å²) >= 11 is 0. The Kier molecular flexibility index (Phi) is 4.69. The molecule has 2 heteroatoms. The summed E-state index contributed by atoms with van der Waals surface area (Å²) in [5.41, 5.74) is 2.78. The van der Waals surface area contributed by atoms with Gasteiger partial charge >= 0.3 is 0 Å². The van der Waals surface area contributed by atoms with Crippen LogP contribution in [0.15, 0.2) is 48.5 Å². The zero-order chi connectivity index (χ0) is 13.7. The minimum atomic E-state index is -0.172. The van der Waals surface area contributed by atoms with Crippen molar-refractivity contribution in [1.29, 1.82) is 0 Å². The fraction of sp³-hybridized carbons (Fsp3) is 0.294. The van der Waals surface area contributed by atoms with Crippen molar-refractivity contribution in [2.45, 2.75) is 26.3 Å². The van der Waals surface area contributed by atoms with Crippen molar-refractivity contribution < 1.29 is 4.39 Å². The van der Waals surface area contributed by atoms with Crippen LogP contribution >= 0.6 is 0 Å². The molecule has 0 saturated heterocycles. The lowest BCUT2D eigenvalue weighted by molar-refractivity contribution is 0.571. The Hall–Kier alpha value is -1.67. The van der Waals surface area contributed by atoms with Gasteiger partial charge in [-0.3, -0.25) is 0 Å². The molecule has 1 nitrogen and oxygen atoms in total. The molecule has 0 aliphatic carbocycles. The molecule has 1 atom stereocenters. The first-order chi connectivity index (χ1) is 9.22. The van der Waals surface area contributed by atoms with Gasteiger partial charge in [-0.1, -0.05) is 43.3 Å². The second-order valence-corrected chi connectivity index (χ2v) is 4.78. The van der Waals surface area contributed by atoms with E-state index in [0.717, 1.165) is 18.5 Å². The van der Waals surface area contributed by atoms with E-state index in [1.807, 2.05) is 24.3 Å². The van der Waals surface area contributed by atoms with Gasteiger partial charge in [0.05, 0.1) is 0 Å². The normalized spacial score (nSPS) is 12.4. The van der Waals surface area contributed by atoms with Gasteiger partial charge in [0.25, 0.3) is 0 Å². The fourth-order valence-electron chi connectivity index (χ4n) is 2.15. The first-order valence-corrected chi connectivity index (χ1v) is 6.80. The Balaban J connectivity index is 2.27. The van der Waals surface area contributed by atoms with Gasteiger partial charge in [0.1, 0.15) is 5.82 Å². The monoisotopic (exact) mass is 257 g/mol. The molecule has 0 fully saturated rings. The Morgan fingerprint density at radius 2 is 1.89 bits per heavy atom. The molecular weight excluding hydrogens is 237 g/mol. The highest BCUT2D eigenvalue weighted by Gasteiger charge is 2.08. The molecule has 0 amide bonds. The SMILES string of the molecule is CCCNC(C)c1cccc(-c2ccccc2F)c1. The summed E-state index contributed by atoms with van der Waals surface area (Å²) in [5.74, 6) is -0.172. The molecule has 19 heavy (non-hydrogen) atoms. The maximum atomic E-state index is 13.8. The minimum absolute atomic E-state index is 0.172. The highest BCUT2D eigenvalue weighted by molar-refractivity contribution is 5.64. The van der Waals surface area contributed by atoms with E-state index >= 15 is 0 Å². The van der Waals surface area contributed by atoms with Crippen molar-refractivity contribution >= 4 is 0 Å². The zero-order valence-electron chi connectivity index (χ0n) is 11.5. The number of rotatable bonds is 5. The quantitative estimate of drug-likeness (QED) is 0.828. The summed E-state index contributed by atoms with van der Waals surface area (Å²) in [6.07, 6.45) is 1.11. The zero-order valence-corrected chi connectivity index (χ0v) is 11.5. The number of hydrogen-bond acceptors (Lipinski definition) is 1. The van der Waals surface area contributed by atoms with Gasteiger partial charge in [-0.25, -0.2) is 4.39 Å². The van der Waals surface area contributed by atoms with E-state index in [-0.39, 0.29) is 11.9 Å². The summed E-state index contributed by atoms with van der Waals surface area (Å²) in [7, 11) is 0. The Labute approximate surface area is 114 Å². The van der Waals surface area contributed by atoms with Crippen LogP contribution in [0.25, 0.3) is 11.1 Å². The van der Waals surface area contributed by atoms with Crippen molar-refractivity contribution in [3.8, 4) is 11.1 Å². The van der Waals surface area contributed by atoms with Crippen molar-refractivity contribution in [3.63, 3.8) is 0 Å². The van der Waals surface area contributed by atoms with Gasteiger partial charge in [-0.2, -0.15) is 0 Å². The van der Waals surface area contributed by atoms with Gasteiger partial charge in [-0.15, -0.1) is 0 Å². The molecular formula is C17H20FN. The van der Waals surface area contributed by atoms with E-state index in [0.29, 0.717) is 5.56 Å². The molecule has 100 valence electrons. The Bertz CT molecular complexity index is 536. The lowest BCUT2D eigenvalue weighted by Gasteiger charge is -2.15. The first-order valence-electron chi connectivity index (χ1n) is 6.80. The summed E-state index contributed by atoms with van der Waals surface area (Å²) in [4.78, 5) is 0. The van der Waals surface area contributed by atoms with Crippen LogP contribution < -0.4 is 5.32 Å². The predicted octanol–water partition coefficient (Wildman–Crippen LogP) is 4.55. The van der Waals surface area contributed by atoms with Crippen molar-refractivity contribution in [2.24, 2.45) is 0 Å². The minimum Gasteiger partial charge on any atom is -0.310 e. The molecule has 0 radical (unpaired) electrons. The van der Waals surface area contributed by atoms with Crippen LogP contribution in [-0.2, 0) is 0 Å². The van der Waals surface area contributed by atoms with E-state index in [4.69, 9.17) is 0 Å². The Morgan fingerprint density at radius 1 is 1.11 bits per heavy atom. The summed E-state index contributed by atoms with van der Waals surface area (Å²) < 4.78 is 13.8. The number of benzene rings is 2. The third-order valence-corrected chi connectivity index (χ3v) is 3.27. The number of hydrogen-bond donors (Lipinski definition) is 1. The van der Waals surface area contributed by atoms with Crippen LogP contribution in [0.5, 0.6) is 0 Å². The van der Waals surface area contributed by atoms with Crippen LogP contribution in [0, 0.1) is 5.82 Å². The van der Waals surface area contributed by atoms with E-state index in [1.54, 1.807) is 6.07 Å². The summed E-state index contributed by atoms with van der Waals surface area (Å²) in [6, 6.07) is 15.3. The van der Waals surface area contributed by atoms with Crippen LogP contribution in [0.1, 0.15) is 31.9 Å². The predicted molar refractivity (Wildman–Crippen MR) is 78.5 cm³/mol. The van der Waals surface area contributed by atoms with Gasteiger partial charge in [0.15, 0.2) is 0 Å². The molecule has 2 aromatic carbocycles. The molecule has 0 aromatic heterocycles. The Morgan fingerprint density at radius 3 is 2.63 bits per heavy atom.